The van der Waals surface area contributed by atoms with Crippen LogP contribution in [0.3, 0.4) is 0 Å². The Balaban J connectivity index is 1.33. The van der Waals surface area contributed by atoms with Gasteiger partial charge in [-0.2, -0.15) is 0 Å². The molecule has 0 spiro atoms. The van der Waals surface area contributed by atoms with Crippen LogP contribution < -0.4 is 10.0 Å². The molecule has 0 aliphatic carbocycles. The Hall–Kier alpha value is -1.98. The Kier molecular flexibility index (Phi) is 6.12. The molecule has 2 saturated heterocycles. The van der Waals surface area contributed by atoms with Crippen LogP contribution in [0, 0.1) is 0 Å². The van der Waals surface area contributed by atoms with E-state index in [0.717, 1.165) is 11.3 Å². The zero-order chi connectivity index (χ0) is 21.3. The molecule has 1 amide bonds. The lowest BCUT2D eigenvalue weighted by atomic mass is 10.0. The molecule has 1 aromatic heterocycles. The largest absolute Gasteiger partial charge is 0.441 e. The van der Waals surface area contributed by atoms with Crippen molar-refractivity contribution < 1.29 is 27.4 Å². The van der Waals surface area contributed by atoms with Gasteiger partial charge in [-0.05, 0) is 35.1 Å². The van der Waals surface area contributed by atoms with Gasteiger partial charge in [-0.3, -0.25) is 5.32 Å². The Labute approximate surface area is 179 Å². The molecule has 2 aliphatic heterocycles. The van der Waals surface area contributed by atoms with E-state index >= 15 is 0 Å². The Morgan fingerprint density at radius 1 is 1.13 bits per heavy atom. The van der Waals surface area contributed by atoms with Crippen molar-refractivity contribution in [2.75, 3.05) is 18.5 Å². The van der Waals surface area contributed by atoms with Gasteiger partial charge in [0.1, 0.15) is 16.4 Å². The zero-order valence-electron chi connectivity index (χ0n) is 16.6. The van der Waals surface area contributed by atoms with Gasteiger partial charge in [-0.15, -0.1) is 11.3 Å². The number of hydrogen-bond donors (Lipinski definition) is 2. The van der Waals surface area contributed by atoms with E-state index in [1.54, 1.807) is 17.5 Å². The summed E-state index contributed by atoms with van der Waals surface area (Å²) in [6, 6.07) is 10.2. The molecule has 1 aromatic carbocycles. The summed E-state index contributed by atoms with van der Waals surface area (Å²) in [5, 5.41) is 4.40. The van der Waals surface area contributed by atoms with Crippen molar-refractivity contribution in [3.8, 4) is 0 Å². The molecular formula is C20H24N2O6S2. The van der Waals surface area contributed by atoms with Crippen LogP contribution in [0.25, 0.3) is 0 Å². The molecule has 0 radical (unpaired) electrons. The number of carbonyl (C=O) groups is 1. The van der Waals surface area contributed by atoms with E-state index in [-0.39, 0.29) is 17.4 Å². The highest BCUT2D eigenvalue weighted by molar-refractivity contribution is 7.91. The normalized spacial score (nSPS) is 26.0. The maximum Gasteiger partial charge on any atom is 0.412 e. The number of anilines is 1. The SMILES string of the molecule is CC(C)c1ccc(NC(=O)O[C@H]2CO[C@@H]3[C@@H]2OC[C@@H]3NS(=O)(=O)c2cccs2)cc1. The summed E-state index contributed by atoms with van der Waals surface area (Å²) < 4.78 is 44.7. The first-order valence-corrected chi connectivity index (χ1v) is 12.1. The average molecular weight is 453 g/mol. The van der Waals surface area contributed by atoms with Gasteiger partial charge in [0.25, 0.3) is 0 Å². The lowest BCUT2D eigenvalue weighted by Crippen LogP contribution is -2.44. The highest BCUT2D eigenvalue weighted by Crippen LogP contribution is 2.30. The summed E-state index contributed by atoms with van der Waals surface area (Å²) in [4.78, 5) is 12.3. The minimum atomic E-state index is -3.64. The second-order valence-electron chi connectivity index (χ2n) is 7.60. The highest BCUT2D eigenvalue weighted by Gasteiger charge is 2.50. The van der Waals surface area contributed by atoms with Gasteiger partial charge in [0.2, 0.25) is 10.0 Å². The van der Waals surface area contributed by atoms with Gasteiger partial charge in [0, 0.05) is 5.69 Å². The van der Waals surface area contributed by atoms with Crippen molar-refractivity contribution in [1.82, 2.24) is 4.72 Å². The molecule has 30 heavy (non-hydrogen) atoms. The van der Waals surface area contributed by atoms with E-state index < -0.39 is 40.5 Å². The summed E-state index contributed by atoms with van der Waals surface area (Å²) >= 11 is 1.14. The van der Waals surface area contributed by atoms with Gasteiger partial charge in [-0.1, -0.05) is 32.0 Å². The van der Waals surface area contributed by atoms with E-state index in [4.69, 9.17) is 14.2 Å². The molecule has 4 rings (SSSR count). The van der Waals surface area contributed by atoms with E-state index in [2.05, 4.69) is 23.9 Å². The molecule has 2 aromatic rings. The van der Waals surface area contributed by atoms with Crippen molar-refractivity contribution in [3.63, 3.8) is 0 Å². The summed E-state index contributed by atoms with van der Waals surface area (Å²) in [6.07, 6.45) is -2.24. The van der Waals surface area contributed by atoms with E-state index in [1.807, 2.05) is 24.3 Å². The summed E-state index contributed by atoms with van der Waals surface area (Å²) in [6.45, 7) is 4.50. The van der Waals surface area contributed by atoms with Crippen LogP contribution >= 0.6 is 11.3 Å². The third-order valence-electron chi connectivity index (χ3n) is 5.16. The standard InChI is InChI=1S/C20H24N2O6S2/c1-12(2)13-5-7-14(8-6-13)21-20(23)28-16-11-27-18-15(10-26-19(16)18)22-30(24,25)17-4-3-9-29-17/h3-9,12,15-16,18-19,22H,10-11H2,1-2H3,(H,21,23)/t15-,16-,18-,19+/m0/s1. The predicted octanol–water partition coefficient (Wildman–Crippen LogP) is 2.93. The first-order chi connectivity index (χ1) is 14.3. The molecule has 162 valence electrons. The quantitative estimate of drug-likeness (QED) is 0.699. The van der Waals surface area contributed by atoms with Crippen molar-refractivity contribution >= 4 is 33.1 Å². The number of benzene rings is 1. The molecule has 4 atom stereocenters. The molecule has 2 fully saturated rings. The van der Waals surface area contributed by atoms with Gasteiger partial charge < -0.3 is 14.2 Å². The van der Waals surface area contributed by atoms with Crippen molar-refractivity contribution in [2.24, 2.45) is 0 Å². The second-order valence-corrected chi connectivity index (χ2v) is 10.5. The van der Waals surface area contributed by atoms with Crippen molar-refractivity contribution in [3.05, 3.63) is 47.3 Å². The monoisotopic (exact) mass is 452 g/mol. The molecule has 0 unspecified atom stereocenters. The van der Waals surface area contributed by atoms with Crippen LogP contribution in [-0.4, -0.2) is 52.1 Å². The summed E-state index contributed by atoms with van der Waals surface area (Å²) in [5.41, 5.74) is 1.81. The Bertz CT molecular complexity index is 975. The first kappa shape index (κ1) is 21.3. The molecule has 8 nitrogen and oxygen atoms in total. The smallest absolute Gasteiger partial charge is 0.412 e. The maximum absolute atomic E-state index is 12.5. The number of fused-ring (bicyclic) bond motifs is 1. The summed E-state index contributed by atoms with van der Waals surface area (Å²) in [7, 11) is -3.64. The van der Waals surface area contributed by atoms with Crippen LogP contribution in [0.5, 0.6) is 0 Å². The molecule has 3 heterocycles. The highest BCUT2D eigenvalue weighted by atomic mass is 32.2. The zero-order valence-corrected chi connectivity index (χ0v) is 18.2. The topological polar surface area (TPSA) is 103 Å². The molecule has 0 bridgehead atoms. The number of sulfonamides is 1. The van der Waals surface area contributed by atoms with Crippen LogP contribution in [0.4, 0.5) is 10.5 Å². The first-order valence-electron chi connectivity index (χ1n) is 9.70. The molecule has 0 saturated carbocycles. The molecule has 2 N–H and O–H groups in total. The third-order valence-corrected chi connectivity index (χ3v) is 8.04. The van der Waals surface area contributed by atoms with Crippen molar-refractivity contribution in [2.45, 2.75) is 48.3 Å². The number of rotatable bonds is 6. The van der Waals surface area contributed by atoms with E-state index in [1.165, 1.54) is 5.56 Å². The predicted molar refractivity (Wildman–Crippen MR) is 112 cm³/mol. The van der Waals surface area contributed by atoms with E-state index in [0.29, 0.717) is 11.6 Å². The number of hydrogen-bond acceptors (Lipinski definition) is 7. The van der Waals surface area contributed by atoms with E-state index in [9.17, 15) is 13.2 Å². The minimum absolute atomic E-state index is 0.145. The minimum Gasteiger partial charge on any atom is -0.441 e. The number of carbonyl (C=O) groups excluding carboxylic acids is 1. The fourth-order valence-electron chi connectivity index (χ4n) is 3.58. The fraction of sp³-hybridized carbons (Fsp3) is 0.450. The number of nitrogens with one attached hydrogen (secondary N) is 2. The maximum atomic E-state index is 12.5. The number of thiophene rings is 1. The molecule has 2 aliphatic rings. The van der Waals surface area contributed by atoms with Gasteiger partial charge in [-0.25, -0.2) is 17.9 Å². The molecular weight excluding hydrogens is 428 g/mol. The second kappa shape index (κ2) is 8.64. The average Bonchev–Trinajstić information content (AvgIpc) is 3.43. The molecule has 10 heteroatoms. The Morgan fingerprint density at radius 2 is 1.87 bits per heavy atom. The van der Waals surface area contributed by atoms with Gasteiger partial charge in [0.05, 0.1) is 19.3 Å². The van der Waals surface area contributed by atoms with Crippen LogP contribution in [-0.2, 0) is 24.2 Å². The number of ether oxygens (including phenoxy) is 3. The lowest BCUT2D eigenvalue weighted by molar-refractivity contribution is 0.00884. The Morgan fingerprint density at radius 3 is 2.53 bits per heavy atom. The number of amides is 1. The fourth-order valence-corrected chi connectivity index (χ4v) is 5.82. The van der Waals surface area contributed by atoms with Crippen LogP contribution in [0.15, 0.2) is 46.0 Å². The van der Waals surface area contributed by atoms with Crippen LogP contribution in [0.1, 0.15) is 25.3 Å². The summed E-state index contributed by atoms with van der Waals surface area (Å²) in [5.74, 6) is 0.406. The lowest BCUT2D eigenvalue weighted by Gasteiger charge is -2.18. The van der Waals surface area contributed by atoms with Gasteiger partial charge in [0.15, 0.2) is 6.10 Å². The van der Waals surface area contributed by atoms with Crippen LogP contribution in [0.2, 0.25) is 0 Å². The third kappa shape index (κ3) is 4.52. The van der Waals surface area contributed by atoms with Gasteiger partial charge >= 0.3 is 6.09 Å². The van der Waals surface area contributed by atoms with Crippen molar-refractivity contribution in [1.29, 1.82) is 0 Å².